The molecule has 0 saturated heterocycles. The molecule has 0 bridgehead atoms. The summed E-state index contributed by atoms with van der Waals surface area (Å²) in [6.45, 7) is 20.6. The summed E-state index contributed by atoms with van der Waals surface area (Å²) in [6.07, 6.45) is 4.66. The molecular formula is C28H36N4O4. The predicted octanol–water partition coefficient (Wildman–Crippen LogP) is 6.17. The van der Waals surface area contributed by atoms with Gasteiger partial charge in [0.25, 0.3) is 0 Å². The monoisotopic (exact) mass is 492 g/mol. The molecule has 0 heterocycles. The van der Waals surface area contributed by atoms with Crippen LogP contribution in [0.15, 0.2) is 34.3 Å². The van der Waals surface area contributed by atoms with Gasteiger partial charge in [-0.25, -0.2) is 30.0 Å². The maximum atomic E-state index is 10.4. The first-order chi connectivity index (χ1) is 16.6. The number of carbonyl (C=O) groups excluding carboxylic acids is 4. The Hall–Kier alpha value is -4.04. The summed E-state index contributed by atoms with van der Waals surface area (Å²) in [5.74, 6) is 0. The SMILES string of the molecule is CC(C)(N=C=O)c1cccc(C(C)(C)N=C=O)c1.Cc1c(C)c(C)c(C)c(C)c1C.N=C=O.N=C=O. The van der Waals surface area contributed by atoms with Crippen LogP contribution < -0.4 is 0 Å². The van der Waals surface area contributed by atoms with E-state index in [1.807, 2.05) is 52.0 Å². The minimum Gasteiger partial charge on any atom is -0.222 e. The van der Waals surface area contributed by atoms with Crippen molar-refractivity contribution in [3.63, 3.8) is 0 Å². The summed E-state index contributed by atoms with van der Waals surface area (Å²) in [6, 6.07) is 7.51. The van der Waals surface area contributed by atoms with E-state index in [-0.39, 0.29) is 0 Å². The van der Waals surface area contributed by atoms with Gasteiger partial charge in [-0.1, -0.05) is 24.3 Å². The maximum absolute atomic E-state index is 10.4. The second kappa shape index (κ2) is 15.8. The Bertz CT molecular complexity index is 1040. The summed E-state index contributed by atoms with van der Waals surface area (Å²) >= 11 is 0. The van der Waals surface area contributed by atoms with Crippen LogP contribution in [0.4, 0.5) is 0 Å². The topological polar surface area (TPSA) is 141 Å². The highest BCUT2D eigenvalue weighted by Crippen LogP contribution is 2.30. The van der Waals surface area contributed by atoms with Crippen LogP contribution in [0.1, 0.15) is 72.2 Å². The molecule has 0 aromatic heterocycles. The summed E-state index contributed by atoms with van der Waals surface area (Å²) in [7, 11) is 0. The van der Waals surface area contributed by atoms with Gasteiger partial charge in [0, 0.05) is 0 Å². The van der Waals surface area contributed by atoms with Gasteiger partial charge in [0.15, 0.2) is 0 Å². The molecule has 0 spiro atoms. The molecule has 0 saturated carbocycles. The number of nitrogens with one attached hydrogen (secondary N) is 2. The van der Waals surface area contributed by atoms with Gasteiger partial charge < -0.3 is 0 Å². The molecule has 36 heavy (non-hydrogen) atoms. The first-order valence-electron chi connectivity index (χ1n) is 11.0. The number of nitrogens with zero attached hydrogens (tertiary/aromatic N) is 2. The fourth-order valence-electron chi connectivity index (χ4n) is 3.33. The molecule has 2 aromatic carbocycles. The lowest BCUT2D eigenvalue weighted by Crippen LogP contribution is -2.18. The Morgan fingerprint density at radius 1 is 0.583 bits per heavy atom. The number of hydrogen-bond donors (Lipinski definition) is 2. The molecule has 0 aliphatic heterocycles. The van der Waals surface area contributed by atoms with E-state index in [1.165, 1.54) is 33.4 Å². The smallest absolute Gasteiger partial charge is 0.222 e. The molecule has 0 aliphatic rings. The lowest BCUT2D eigenvalue weighted by Gasteiger charge is -2.23. The van der Waals surface area contributed by atoms with Crippen LogP contribution in [0.2, 0.25) is 0 Å². The average molecular weight is 493 g/mol. The van der Waals surface area contributed by atoms with Crippen molar-refractivity contribution in [3.05, 3.63) is 68.8 Å². The fourth-order valence-corrected chi connectivity index (χ4v) is 3.33. The van der Waals surface area contributed by atoms with Crippen LogP contribution in [0.25, 0.3) is 0 Å². The largest absolute Gasteiger partial charge is 0.235 e. The predicted molar refractivity (Wildman–Crippen MR) is 140 cm³/mol. The van der Waals surface area contributed by atoms with E-state index in [9.17, 15) is 9.59 Å². The van der Waals surface area contributed by atoms with E-state index >= 15 is 0 Å². The van der Waals surface area contributed by atoms with E-state index in [2.05, 4.69) is 51.5 Å². The normalized spacial score (nSPS) is 9.61. The molecule has 0 radical (unpaired) electrons. The molecular weight excluding hydrogens is 456 g/mol. The van der Waals surface area contributed by atoms with Crippen molar-refractivity contribution in [2.75, 3.05) is 0 Å². The van der Waals surface area contributed by atoms with Crippen molar-refractivity contribution >= 4 is 24.3 Å². The third kappa shape index (κ3) is 10.1. The zero-order chi connectivity index (χ0) is 28.7. The standard InChI is InChI=1S/C14H16N2O2.C12H18.2CHNO/c1-13(2,15-9-17)11-6-5-7-12(8-11)14(3,4)16-10-18;1-7-8(2)10(4)12(6)11(5)9(7)3;2*2-1-3/h5-8H,1-4H3;1-6H3;2*2H. The van der Waals surface area contributed by atoms with Gasteiger partial charge >= 0.3 is 0 Å². The van der Waals surface area contributed by atoms with Crippen molar-refractivity contribution in [2.45, 2.75) is 80.3 Å². The second-order valence-corrected chi connectivity index (χ2v) is 9.06. The Labute approximate surface area is 213 Å². The van der Waals surface area contributed by atoms with Gasteiger partial charge in [-0.2, -0.15) is 9.98 Å². The Morgan fingerprint density at radius 2 is 0.806 bits per heavy atom. The van der Waals surface area contributed by atoms with Gasteiger partial charge in [-0.3, -0.25) is 0 Å². The molecule has 0 atom stereocenters. The van der Waals surface area contributed by atoms with Crippen LogP contribution in [0, 0.1) is 52.4 Å². The van der Waals surface area contributed by atoms with Crippen molar-refractivity contribution in [3.8, 4) is 0 Å². The first kappa shape index (κ1) is 34.1. The molecule has 2 N–H and O–H groups in total. The Kier molecular flexibility index (Phi) is 15.0. The molecule has 8 nitrogen and oxygen atoms in total. The molecule has 8 heteroatoms. The minimum atomic E-state index is -0.640. The van der Waals surface area contributed by atoms with Gasteiger partial charge in [0.2, 0.25) is 24.3 Å². The molecule has 192 valence electrons. The van der Waals surface area contributed by atoms with Crippen molar-refractivity contribution in [2.24, 2.45) is 9.98 Å². The van der Waals surface area contributed by atoms with Crippen molar-refractivity contribution in [1.29, 1.82) is 10.8 Å². The zero-order valence-electron chi connectivity index (χ0n) is 22.8. The summed E-state index contributed by atoms with van der Waals surface area (Å²) in [4.78, 5) is 45.1. The van der Waals surface area contributed by atoms with Gasteiger partial charge in [-0.15, -0.1) is 0 Å². The van der Waals surface area contributed by atoms with Crippen molar-refractivity contribution in [1.82, 2.24) is 0 Å². The highest BCUT2D eigenvalue weighted by molar-refractivity contribution is 5.48. The molecule has 0 fully saturated rings. The molecule has 2 rings (SSSR count). The molecule has 0 unspecified atom stereocenters. The minimum absolute atomic E-state index is 0.640. The molecule has 0 aliphatic carbocycles. The van der Waals surface area contributed by atoms with Gasteiger partial charge in [-0.05, 0) is 114 Å². The third-order valence-corrected chi connectivity index (χ3v) is 6.30. The number of rotatable bonds is 4. The summed E-state index contributed by atoms with van der Waals surface area (Å²) in [5.41, 5.74) is 9.19. The average Bonchev–Trinajstić information content (AvgIpc) is 2.82. The first-order valence-corrected chi connectivity index (χ1v) is 11.0. The summed E-state index contributed by atoms with van der Waals surface area (Å²) < 4.78 is 0. The fraction of sp³-hybridized carbons (Fsp3) is 0.429. The van der Waals surface area contributed by atoms with Crippen LogP contribution in [-0.4, -0.2) is 24.3 Å². The van der Waals surface area contributed by atoms with Gasteiger partial charge in [0.05, 0.1) is 11.1 Å². The van der Waals surface area contributed by atoms with Crippen molar-refractivity contribution < 1.29 is 19.2 Å². The zero-order valence-corrected chi connectivity index (χ0v) is 22.8. The Morgan fingerprint density at radius 3 is 1.00 bits per heavy atom. The highest BCUT2D eigenvalue weighted by Gasteiger charge is 2.24. The molecule has 2 aromatic rings. The number of aliphatic imine (C=N–C) groups is 2. The van der Waals surface area contributed by atoms with E-state index in [1.54, 1.807) is 12.2 Å². The number of hydrogen-bond acceptors (Lipinski definition) is 8. The van der Waals surface area contributed by atoms with E-state index in [0.717, 1.165) is 23.3 Å². The van der Waals surface area contributed by atoms with Crippen LogP contribution >= 0.6 is 0 Å². The maximum Gasteiger partial charge on any atom is 0.235 e. The lowest BCUT2D eigenvalue weighted by molar-refractivity contribution is 0.512. The Balaban J connectivity index is 0. The van der Waals surface area contributed by atoms with E-state index in [4.69, 9.17) is 20.4 Å². The van der Waals surface area contributed by atoms with Crippen LogP contribution in [0.3, 0.4) is 0 Å². The lowest BCUT2D eigenvalue weighted by atomic mass is 9.88. The van der Waals surface area contributed by atoms with E-state index < -0.39 is 11.1 Å². The summed E-state index contributed by atoms with van der Waals surface area (Å²) in [5, 5.41) is 10.8. The number of isocyanates is 4. The van der Waals surface area contributed by atoms with E-state index in [0.29, 0.717) is 0 Å². The molecule has 0 amide bonds. The quantitative estimate of drug-likeness (QED) is 0.389. The second-order valence-electron chi connectivity index (χ2n) is 9.06. The third-order valence-electron chi connectivity index (χ3n) is 6.30. The van der Waals surface area contributed by atoms with Crippen LogP contribution in [-0.2, 0) is 30.3 Å². The number of benzene rings is 2. The highest BCUT2D eigenvalue weighted by atomic mass is 16.1. The van der Waals surface area contributed by atoms with Crippen LogP contribution in [0.5, 0.6) is 0 Å². The van der Waals surface area contributed by atoms with Gasteiger partial charge in [0.1, 0.15) is 0 Å².